The summed E-state index contributed by atoms with van der Waals surface area (Å²) >= 11 is 0. The number of aromatic nitrogens is 3. The summed E-state index contributed by atoms with van der Waals surface area (Å²) in [5.74, 6) is -2.00. The first-order chi connectivity index (χ1) is 14.4. The van der Waals surface area contributed by atoms with Crippen LogP contribution in [0, 0.1) is 6.92 Å². The molecule has 0 unspecified atom stereocenters. The van der Waals surface area contributed by atoms with Gasteiger partial charge in [-0.1, -0.05) is 6.07 Å². The number of ether oxygens (including phenoxy) is 1. The van der Waals surface area contributed by atoms with Gasteiger partial charge in [-0.3, -0.25) is 9.88 Å². The lowest BCUT2D eigenvalue weighted by Gasteiger charge is -2.36. The van der Waals surface area contributed by atoms with Crippen molar-refractivity contribution in [3.63, 3.8) is 0 Å². The molecular formula is C22H27F2N5O. The summed E-state index contributed by atoms with van der Waals surface area (Å²) in [7, 11) is 0. The second-order valence-corrected chi connectivity index (χ2v) is 8.93. The highest BCUT2D eigenvalue weighted by Gasteiger charge is 2.45. The van der Waals surface area contributed by atoms with E-state index in [4.69, 9.17) is 9.72 Å². The van der Waals surface area contributed by atoms with Crippen LogP contribution in [-0.4, -0.2) is 58.6 Å². The molecule has 0 aromatic carbocycles. The summed E-state index contributed by atoms with van der Waals surface area (Å²) in [6.07, 6.45) is 4.46. The first kappa shape index (κ1) is 19.8. The summed E-state index contributed by atoms with van der Waals surface area (Å²) in [5, 5.41) is 0. The normalized spacial score (nSPS) is 26.2. The topological polar surface area (TPSA) is 54.4 Å². The average molecular weight is 415 g/mol. The predicted octanol–water partition coefficient (Wildman–Crippen LogP) is 3.09. The van der Waals surface area contributed by atoms with E-state index in [0.717, 1.165) is 43.0 Å². The quantitative estimate of drug-likeness (QED) is 0.768. The van der Waals surface area contributed by atoms with Crippen LogP contribution in [-0.2, 0) is 23.3 Å². The van der Waals surface area contributed by atoms with Crippen LogP contribution in [0.3, 0.4) is 0 Å². The molecule has 0 bridgehead atoms. The fourth-order valence-electron chi connectivity index (χ4n) is 4.83. The number of anilines is 1. The van der Waals surface area contributed by atoms with E-state index in [1.807, 2.05) is 30.3 Å². The SMILES string of the molecule is Cc1ccc(CN2CC[C@@]3(COCc4cnc(N5CCC(F)(F)CC5)nc43)C2)cn1. The number of hydrogen-bond acceptors (Lipinski definition) is 6. The van der Waals surface area contributed by atoms with Gasteiger partial charge in [0.15, 0.2) is 0 Å². The lowest BCUT2D eigenvalue weighted by Crippen LogP contribution is -2.43. The zero-order valence-electron chi connectivity index (χ0n) is 17.3. The Morgan fingerprint density at radius 1 is 1.07 bits per heavy atom. The van der Waals surface area contributed by atoms with Crippen LogP contribution < -0.4 is 4.90 Å². The molecule has 2 fully saturated rings. The molecule has 0 amide bonds. The van der Waals surface area contributed by atoms with Crippen LogP contribution in [0.15, 0.2) is 24.5 Å². The molecule has 5 heterocycles. The number of hydrogen-bond donors (Lipinski definition) is 0. The Morgan fingerprint density at radius 3 is 2.67 bits per heavy atom. The molecule has 6 nitrogen and oxygen atoms in total. The van der Waals surface area contributed by atoms with Crippen LogP contribution in [0.2, 0.25) is 0 Å². The molecule has 8 heteroatoms. The van der Waals surface area contributed by atoms with E-state index < -0.39 is 5.92 Å². The largest absolute Gasteiger partial charge is 0.376 e. The minimum atomic E-state index is -2.57. The highest BCUT2D eigenvalue weighted by Crippen LogP contribution is 2.40. The van der Waals surface area contributed by atoms with Crippen molar-refractivity contribution in [1.29, 1.82) is 0 Å². The molecular weight excluding hydrogens is 388 g/mol. The van der Waals surface area contributed by atoms with Gasteiger partial charge in [-0.25, -0.2) is 18.7 Å². The Bertz CT molecular complexity index is 912. The minimum Gasteiger partial charge on any atom is -0.376 e. The Morgan fingerprint density at radius 2 is 1.90 bits per heavy atom. The number of halogens is 2. The summed E-state index contributed by atoms with van der Waals surface area (Å²) in [5.41, 5.74) is 4.12. The van der Waals surface area contributed by atoms with Crippen molar-refractivity contribution in [2.24, 2.45) is 0 Å². The Labute approximate surface area is 175 Å². The van der Waals surface area contributed by atoms with Crippen molar-refractivity contribution in [1.82, 2.24) is 19.9 Å². The molecule has 3 aliphatic rings. The minimum absolute atomic E-state index is 0.139. The van der Waals surface area contributed by atoms with Crippen molar-refractivity contribution < 1.29 is 13.5 Å². The lowest BCUT2D eigenvalue weighted by atomic mass is 9.80. The molecule has 30 heavy (non-hydrogen) atoms. The number of nitrogens with zero attached hydrogens (tertiary/aromatic N) is 5. The molecule has 2 aromatic heterocycles. The lowest BCUT2D eigenvalue weighted by molar-refractivity contribution is -0.0223. The first-order valence-electron chi connectivity index (χ1n) is 10.6. The maximum atomic E-state index is 13.6. The molecule has 5 rings (SSSR count). The van der Waals surface area contributed by atoms with Gasteiger partial charge in [0.25, 0.3) is 5.92 Å². The Hall–Kier alpha value is -2.19. The van der Waals surface area contributed by atoms with Gasteiger partial charge in [0.2, 0.25) is 5.95 Å². The Kier molecular flexibility index (Phi) is 4.94. The van der Waals surface area contributed by atoms with Crippen molar-refractivity contribution in [3.8, 4) is 0 Å². The number of pyridine rings is 1. The molecule has 0 saturated carbocycles. The van der Waals surface area contributed by atoms with Gasteiger partial charge in [-0.05, 0) is 31.5 Å². The van der Waals surface area contributed by atoms with Gasteiger partial charge in [0, 0.05) is 62.7 Å². The molecule has 0 radical (unpaired) electrons. The molecule has 1 spiro atoms. The molecule has 0 N–H and O–H groups in total. The number of aryl methyl sites for hydroxylation is 1. The van der Waals surface area contributed by atoms with Crippen molar-refractivity contribution >= 4 is 5.95 Å². The average Bonchev–Trinajstić information content (AvgIpc) is 3.13. The second-order valence-electron chi connectivity index (χ2n) is 8.93. The number of piperidine rings is 1. The van der Waals surface area contributed by atoms with E-state index in [1.54, 1.807) is 0 Å². The van der Waals surface area contributed by atoms with Crippen LogP contribution in [0.4, 0.5) is 14.7 Å². The smallest absolute Gasteiger partial charge is 0.251 e. The van der Waals surface area contributed by atoms with E-state index in [-0.39, 0.29) is 18.3 Å². The van der Waals surface area contributed by atoms with Crippen LogP contribution in [0.5, 0.6) is 0 Å². The van der Waals surface area contributed by atoms with Gasteiger partial charge in [0.05, 0.1) is 24.3 Å². The van der Waals surface area contributed by atoms with Crippen molar-refractivity contribution in [2.45, 2.75) is 50.7 Å². The highest BCUT2D eigenvalue weighted by molar-refractivity contribution is 5.39. The number of likely N-dealkylation sites (tertiary alicyclic amines) is 1. The van der Waals surface area contributed by atoms with E-state index in [9.17, 15) is 8.78 Å². The van der Waals surface area contributed by atoms with Gasteiger partial charge < -0.3 is 9.64 Å². The van der Waals surface area contributed by atoms with Gasteiger partial charge in [0.1, 0.15) is 0 Å². The number of alkyl halides is 2. The molecule has 2 saturated heterocycles. The molecule has 0 aliphatic carbocycles. The van der Waals surface area contributed by atoms with Gasteiger partial charge >= 0.3 is 0 Å². The summed E-state index contributed by atoms with van der Waals surface area (Å²) in [6, 6.07) is 4.17. The monoisotopic (exact) mass is 415 g/mol. The van der Waals surface area contributed by atoms with E-state index in [1.165, 1.54) is 5.56 Å². The molecule has 160 valence electrons. The predicted molar refractivity (Wildman–Crippen MR) is 109 cm³/mol. The molecule has 3 aliphatic heterocycles. The standard InChI is InChI=1S/C22H27F2N5O/c1-16-2-3-17(10-25-16)12-28-7-4-21(14-28)15-30-13-18-11-26-20(27-19(18)21)29-8-5-22(23,24)6-9-29/h2-3,10-11H,4-9,12-15H2,1H3/t21-/m0/s1. The number of fused-ring (bicyclic) bond motifs is 2. The molecule has 1 atom stereocenters. The van der Waals surface area contributed by atoms with E-state index in [0.29, 0.717) is 32.3 Å². The molecule has 2 aromatic rings. The third kappa shape index (κ3) is 3.78. The summed E-state index contributed by atoms with van der Waals surface area (Å²) in [6.45, 7) is 6.40. The summed E-state index contributed by atoms with van der Waals surface area (Å²) < 4.78 is 33.0. The van der Waals surface area contributed by atoms with Crippen LogP contribution in [0.25, 0.3) is 0 Å². The maximum Gasteiger partial charge on any atom is 0.251 e. The van der Waals surface area contributed by atoms with Crippen LogP contribution >= 0.6 is 0 Å². The first-order valence-corrected chi connectivity index (χ1v) is 10.6. The zero-order chi connectivity index (χ0) is 20.8. The zero-order valence-corrected chi connectivity index (χ0v) is 17.3. The maximum absolute atomic E-state index is 13.6. The second kappa shape index (κ2) is 7.50. The van der Waals surface area contributed by atoms with Crippen LogP contribution in [0.1, 0.15) is 41.8 Å². The fraction of sp³-hybridized carbons (Fsp3) is 0.591. The third-order valence-corrected chi connectivity index (χ3v) is 6.58. The fourth-order valence-corrected chi connectivity index (χ4v) is 4.83. The van der Waals surface area contributed by atoms with Crippen molar-refractivity contribution in [3.05, 3.63) is 47.0 Å². The van der Waals surface area contributed by atoms with E-state index in [2.05, 4.69) is 20.9 Å². The van der Waals surface area contributed by atoms with Crippen molar-refractivity contribution in [2.75, 3.05) is 37.7 Å². The van der Waals surface area contributed by atoms with Gasteiger partial charge in [-0.2, -0.15) is 0 Å². The van der Waals surface area contributed by atoms with Gasteiger partial charge in [-0.15, -0.1) is 0 Å². The van der Waals surface area contributed by atoms with E-state index >= 15 is 0 Å². The Balaban J connectivity index is 1.36. The third-order valence-electron chi connectivity index (χ3n) is 6.58. The highest BCUT2D eigenvalue weighted by atomic mass is 19.3. The summed E-state index contributed by atoms with van der Waals surface area (Å²) in [4.78, 5) is 18.1. The number of rotatable bonds is 3.